The first-order valence-electron chi connectivity index (χ1n) is 9.96. The molecule has 1 aromatic carbocycles. The molecule has 1 saturated carbocycles. The van der Waals surface area contributed by atoms with Gasteiger partial charge in [0, 0.05) is 18.7 Å². The first kappa shape index (κ1) is 20.8. The zero-order valence-electron chi connectivity index (χ0n) is 17.7. The molecular weight excluding hydrogens is 366 g/mol. The third-order valence-corrected chi connectivity index (χ3v) is 4.96. The summed E-state index contributed by atoms with van der Waals surface area (Å²) in [7, 11) is 0. The highest BCUT2D eigenvalue weighted by Gasteiger charge is 2.39. The largest absolute Gasteiger partial charge is 0.444 e. The minimum atomic E-state index is -0.519. The maximum atomic E-state index is 12.1. The van der Waals surface area contributed by atoms with Gasteiger partial charge in [-0.25, -0.2) is 9.78 Å². The summed E-state index contributed by atoms with van der Waals surface area (Å²) in [6, 6.07) is 9.87. The van der Waals surface area contributed by atoms with E-state index in [1.54, 1.807) is 6.20 Å². The number of nitrogens with zero attached hydrogens (tertiary/aromatic N) is 1. The number of carbonyl (C=O) groups excluding carboxylic acids is 2. The number of alkyl carbamates (subject to hydrolysis) is 1. The molecule has 6 heteroatoms. The van der Waals surface area contributed by atoms with Crippen LogP contribution >= 0.6 is 0 Å². The summed E-state index contributed by atoms with van der Waals surface area (Å²) >= 11 is 0. The maximum absolute atomic E-state index is 12.1. The Morgan fingerprint density at radius 3 is 2.48 bits per heavy atom. The summed E-state index contributed by atoms with van der Waals surface area (Å²) < 4.78 is 5.27. The van der Waals surface area contributed by atoms with Crippen molar-refractivity contribution >= 4 is 17.8 Å². The van der Waals surface area contributed by atoms with Crippen LogP contribution in [0.25, 0.3) is 11.1 Å². The van der Waals surface area contributed by atoms with Crippen molar-refractivity contribution in [3.63, 3.8) is 0 Å². The molecule has 1 aliphatic rings. The van der Waals surface area contributed by atoms with Crippen LogP contribution in [0.2, 0.25) is 0 Å². The zero-order valence-corrected chi connectivity index (χ0v) is 17.7. The maximum Gasteiger partial charge on any atom is 0.407 e. The number of anilines is 1. The van der Waals surface area contributed by atoms with Gasteiger partial charge in [-0.15, -0.1) is 0 Å². The van der Waals surface area contributed by atoms with Gasteiger partial charge < -0.3 is 15.4 Å². The van der Waals surface area contributed by atoms with Gasteiger partial charge in [-0.1, -0.05) is 25.1 Å². The van der Waals surface area contributed by atoms with Gasteiger partial charge in [-0.3, -0.25) is 4.79 Å². The highest BCUT2D eigenvalue weighted by atomic mass is 16.6. The van der Waals surface area contributed by atoms with E-state index in [4.69, 9.17) is 4.74 Å². The molecule has 6 nitrogen and oxygen atoms in total. The Labute approximate surface area is 172 Å². The molecule has 1 heterocycles. The predicted octanol–water partition coefficient (Wildman–Crippen LogP) is 4.68. The molecule has 1 fully saturated rings. The van der Waals surface area contributed by atoms with E-state index >= 15 is 0 Å². The summed E-state index contributed by atoms with van der Waals surface area (Å²) in [5.74, 6) is 1.18. The molecule has 0 saturated heterocycles. The van der Waals surface area contributed by atoms with E-state index in [0.717, 1.165) is 28.7 Å². The molecule has 0 bridgehead atoms. The number of ether oxygens (including phenoxy) is 1. The lowest BCUT2D eigenvalue weighted by atomic mass is 10.0. The molecule has 2 N–H and O–H groups in total. The Kier molecular flexibility index (Phi) is 5.91. The van der Waals surface area contributed by atoms with Crippen LogP contribution in [0.3, 0.4) is 0 Å². The molecule has 2 amide bonds. The quantitative estimate of drug-likeness (QED) is 0.770. The number of carbonyl (C=O) groups is 2. The fraction of sp³-hybridized carbons (Fsp3) is 0.435. The number of nitrogens with one attached hydrogen (secondary N) is 2. The van der Waals surface area contributed by atoms with Crippen molar-refractivity contribution in [2.45, 2.75) is 53.2 Å². The van der Waals surface area contributed by atoms with Gasteiger partial charge in [0.15, 0.2) is 0 Å². The average Bonchev–Trinajstić information content (AvgIpc) is 3.36. The molecule has 0 radical (unpaired) electrons. The molecule has 0 spiro atoms. The zero-order chi connectivity index (χ0) is 21.2. The van der Waals surface area contributed by atoms with Gasteiger partial charge in [-0.2, -0.15) is 0 Å². The number of aryl methyl sites for hydroxylation is 1. The molecule has 0 aliphatic heterocycles. The van der Waals surface area contributed by atoms with Crippen LogP contribution in [0.4, 0.5) is 10.6 Å². The number of amides is 2. The van der Waals surface area contributed by atoms with E-state index in [9.17, 15) is 9.59 Å². The lowest BCUT2D eigenvalue weighted by molar-refractivity contribution is -0.117. The van der Waals surface area contributed by atoms with Crippen LogP contribution in [-0.2, 0) is 16.1 Å². The highest BCUT2D eigenvalue weighted by molar-refractivity contribution is 5.94. The molecule has 1 aliphatic carbocycles. The average molecular weight is 396 g/mol. The topological polar surface area (TPSA) is 80.3 Å². The summed E-state index contributed by atoms with van der Waals surface area (Å²) in [5, 5.41) is 5.70. The first-order chi connectivity index (χ1) is 13.6. The molecule has 0 unspecified atom stereocenters. The number of pyridine rings is 1. The standard InChI is InChI=1S/C23H29N3O3/c1-14-10-16(6-7-18(14)13-25-22(28)29-23(3,4)5)17-8-9-24-20(12-17)26-21(27)19-11-15(19)2/h6-10,12,15,19H,11,13H2,1-5H3,(H,25,28)(H,24,26,27)/t15-,19-/m1/s1. The van der Waals surface area contributed by atoms with E-state index in [1.807, 2.05) is 52.0 Å². The van der Waals surface area contributed by atoms with Crippen LogP contribution in [0.5, 0.6) is 0 Å². The van der Waals surface area contributed by atoms with Crippen LogP contribution in [0.1, 0.15) is 45.2 Å². The Morgan fingerprint density at radius 1 is 1.17 bits per heavy atom. The normalized spacial score (nSPS) is 18.1. The Hall–Kier alpha value is -2.89. The van der Waals surface area contributed by atoms with E-state index < -0.39 is 11.7 Å². The Bertz CT molecular complexity index is 918. The number of hydrogen-bond donors (Lipinski definition) is 2. The summed E-state index contributed by atoms with van der Waals surface area (Å²) in [6.45, 7) is 10.00. The monoisotopic (exact) mass is 395 g/mol. The fourth-order valence-electron chi connectivity index (χ4n) is 3.14. The van der Waals surface area contributed by atoms with Gasteiger partial charge in [0.1, 0.15) is 11.4 Å². The molecular formula is C23H29N3O3. The van der Waals surface area contributed by atoms with Crippen molar-refractivity contribution in [1.29, 1.82) is 0 Å². The van der Waals surface area contributed by atoms with Crippen molar-refractivity contribution in [3.05, 3.63) is 47.7 Å². The Balaban J connectivity index is 1.66. The van der Waals surface area contributed by atoms with Gasteiger partial charge in [-0.05, 0) is 74.4 Å². The van der Waals surface area contributed by atoms with E-state index in [-0.39, 0.29) is 11.8 Å². The fourth-order valence-corrected chi connectivity index (χ4v) is 3.14. The predicted molar refractivity (Wildman–Crippen MR) is 113 cm³/mol. The second-order valence-electron chi connectivity index (χ2n) is 8.74. The lowest BCUT2D eigenvalue weighted by Crippen LogP contribution is -2.32. The van der Waals surface area contributed by atoms with Crippen molar-refractivity contribution in [2.24, 2.45) is 11.8 Å². The van der Waals surface area contributed by atoms with E-state index in [1.165, 1.54) is 0 Å². The van der Waals surface area contributed by atoms with Gasteiger partial charge in [0.25, 0.3) is 0 Å². The summed E-state index contributed by atoms with van der Waals surface area (Å²) in [6.07, 6.45) is 2.22. The van der Waals surface area contributed by atoms with Gasteiger partial charge in [0.2, 0.25) is 5.91 Å². The van der Waals surface area contributed by atoms with Crippen LogP contribution in [-0.4, -0.2) is 22.6 Å². The summed E-state index contributed by atoms with van der Waals surface area (Å²) in [5.41, 5.74) is 3.57. The van der Waals surface area contributed by atoms with E-state index in [2.05, 4.69) is 28.6 Å². The molecule has 3 rings (SSSR count). The van der Waals surface area contributed by atoms with Crippen molar-refractivity contribution in [2.75, 3.05) is 5.32 Å². The molecule has 2 atom stereocenters. The lowest BCUT2D eigenvalue weighted by Gasteiger charge is -2.20. The van der Waals surface area contributed by atoms with Crippen LogP contribution < -0.4 is 10.6 Å². The molecule has 2 aromatic rings. The molecule has 1 aromatic heterocycles. The van der Waals surface area contributed by atoms with Crippen LogP contribution in [0, 0.1) is 18.8 Å². The van der Waals surface area contributed by atoms with Gasteiger partial charge >= 0.3 is 6.09 Å². The van der Waals surface area contributed by atoms with E-state index in [0.29, 0.717) is 18.3 Å². The van der Waals surface area contributed by atoms with Crippen LogP contribution in [0.15, 0.2) is 36.5 Å². The summed E-state index contributed by atoms with van der Waals surface area (Å²) in [4.78, 5) is 28.3. The highest BCUT2D eigenvalue weighted by Crippen LogP contribution is 2.38. The van der Waals surface area contributed by atoms with Crippen molar-refractivity contribution in [3.8, 4) is 11.1 Å². The SMILES string of the molecule is Cc1cc(-c2ccnc(NC(=O)[C@@H]3C[C@H]3C)c2)ccc1CNC(=O)OC(C)(C)C. The first-order valence-corrected chi connectivity index (χ1v) is 9.96. The minimum Gasteiger partial charge on any atom is -0.444 e. The van der Waals surface area contributed by atoms with Gasteiger partial charge in [0.05, 0.1) is 0 Å². The molecule has 29 heavy (non-hydrogen) atoms. The second-order valence-corrected chi connectivity index (χ2v) is 8.74. The Morgan fingerprint density at radius 2 is 1.86 bits per heavy atom. The number of aromatic nitrogens is 1. The molecule has 154 valence electrons. The minimum absolute atomic E-state index is 0.0434. The third kappa shape index (κ3) is 5.79. The number of benzene rings is 1. The van der Waals surface area contributed by atoms with Crippen molar-refractivity contribution < 1.29 is 14.3 Å². The van der Waals surface area contributed by atoms with Crippen molar-refractivity contribution in [1.82, 2.24) is 10.3 Å². The smallest absolute Gasteiger partial charge is 0.407 e. The third-order valence-electron chi connectivity index (χ3n) is 4.96. The number of hydrogen-bond acceptors (Lipinski definition) is 4. The number of rotatable bonds is 5. The second kappa shape index (κ2) is 8.23.